The Bertz CT molecular complexity index is 829. The number of methoxy groups -OCH3 is 1. The first-order valence-electron chi connectivity index (χ1n) is 8.60. The van der Waals surface area contributed by atoms with Gasteiger partial charge in [0, 0.05) is 12.5 Å². The average Bonchev–Trinajstić information content (AvgIpc) is 2.98. The molecule has 0 amide bonds. The van der Waals surface area contributed by atoms with E-state index in [9.17, 15) is 5.11 Å². The van der Waals surface area contributed by atoms with Crippen LogP contribution in [0.4, 0.5) is 0 Å². The quantitative estimate of drug-likeness (QED) is 0.682. The maximum atomic E-state index is 10.5. The average molecular weight is 340 g/mol. The smallest absolute Gasteiger partial charge is 0.123 e. The fraction of sp³-hybridized carbons (Fsp3) is 0.350. The fourth-order valence-electron chi connectivity index (χ4n) is 2.89. The molecule has 0 aliphatic rings. The largest absolute Gasteiger partial charge is 0.497 e. The zero-order valence-electron chi connectivity index (χ0n) is 14.7. The van der Waals surface area contributed by atoms with Gasteiger partial charge in [0.05, 0.1) is 24.7 Å². The summed E-state index contributed by atoms with van der Waals surface area (Å²) in [5.41, 5.74) is 2.01. The molecule has 0 radical (unpaired) electrons. The lowest BCUT2D eigenvalue weighted by molar-refractivity contribution is 0.0926. The second kappa shape index (κ2) is 8.03. The van der Waals surface area contributed by atoms with Crippen LogP contribution in [0, 0.1) is 0 Å². The van der Waals surface area contributed by atoms with E-state index in [-0.39, 0.29) is 6.61 Å². The van der Waals surface area contributed by atoms with Gasteiger partial charge in [0.2, 0.25) is 0 Å². The highest BCUT2D eigenvalue weighted by molar-refractivity contribution is 5.75. The number of aliphatic hydroxyl groups excluding tert-OH is 1. The van der Waals surface area contributed by atoms with Crippen LogP contribution in [0.3, 0.4) is 0 Å². The Morgan fingerprint density at radius 1 is 1.12 bits per heavy atom. The van der Waals surface area contributed by atoms with Crippen molar-refractivity contribution in [3.8, 4) is 11.5 Å². The Balaban J connectivity index is 1.70. The van der Waals surface area contributed by atoms with Crippen LogP contribution in [-0.2, 0) is 13.0 Å². The highest BCUT2D eigenvalue weighted by Crippen LogP contribution is 2.20. The molecule has 25 heavy (non-hydrogen) atoms. The summed E-state index contributed by atoms with van der Waals surface area (Å²) < 4.78 is 13.0. The Kier molecular flexibility index (Phi) is 5.56. The normalized spacial score (nSPS) is 12.3. The summed E-state index contributed by atoms with van der Waals surface area (Å²) in [5.74, 6) is 2.42. The van der Waals surface area contributed by atoms with E-state index in [0.717, 1.165) is 35.4 Å². The van der Waals surface area contributed by atoms with E-state index in [1.165, 1.54) is 0 Å². The van der Waals surface area contributed by atoms with E-state index in [2.05, 4.69) is 11.5 Å². The summed E-state index contributed by atoms with van der Waals surface area (Å²) in [5, 5.41) is 10.5. The number of nitrogens with zero attached hydrogens (tertiary/aromatic N) is 2. The van der Waals surface area contributed by atoms with Crippen LogP contribution >= 0.6 is 0 Å². The molecule has 5 nitrogen and oxygen atoms in total. The molecule has 0 aliphatic carbocycles. The molecule has 0 spiro atoms. The second-order valence-electron chi connectivity index (χ2n) is 6.02. The van der Waals surface area contributed by atoms with Crippen molar-refractivity contribution in [2.75, 3.05) is 13.7 Å². The van der Waals surface area contributed by atoms with Gasteiger partial charge in [-0.25, -0.2) is 4.98 Å². The van der Waals surface area contributed by atoms with Crippen LogP contribution in [0.15, 0.2) is 48.5 Å². The summed E-state index contributed by atoms with van der Waals surface area (Å²) in [6.07, 6.45) is 1.28. The number of rotatable bonds is 8. The molecule has 0 saturated carbocycles. The monoisotopic (exact) mass is 340 g/mol. The van der Waals surface area contributed by atoms with Crippen molar-refractivity contribution in [2.45, 2.75) is 32.4 Å². The van der Waals surface area contributed by atoms with Gasteiger partial charge in [0.25, 0.3) is 0 Å². The SMILES string of the molecule is CCCc1nc2ccccc2n1CC(O)COc1cccc(OC)c1. The first-order valence-corrected chi connectivity index (χ1v) is 8.60. The number of fused-ring (bicyclic) bond motifs is 1. The molecule has 1 unspecified atom stereocenters. The van der Waals surface area contributed by atoms with Gasteiger partial charge in [-0.3, -0.25) is 0 Å². The Hall–Kier alpha value is -2.53. The minimum absolute atomic E-state index is 0.214. The van der Waals surface area contributed by atoms with Crippen LogP contribution in [-0.4, -0.2) is 34.5 Å². The standard InChI is InChI=1S/C20H24N2O3/c1-3-7-20-21-18-10-4-5-11-19(18)22(20)13-15(23)14-25-17-9-6-8-16(12-17)24-2/h4-6,8-12,15,23H,3,7,13-14H2,1-2H3. The number of aromatic nitrogens is 2. The van der Waals surface area contributed by atoms with Gasteiger partial charge in [-0.05, 0) is 30.7 Å². The van der Waals surface area contributed by atoms with Crippen LogP contribution in [0.1, 0.15) is 19.2 Å². The molecular formula is C20H24N2O3. The van der Waals surface area contributed by atoms with Crippen molar-refractivity contribution in [2.24, 2.45) is 0 Å². The molecule has 0 bridgehead atoms. The minimum Gasteiger partial charge on any atom is -0.497 e. The molecule has 1 N–H and O–H groups in total. The minimum atomic E-state index is -0.626. The summed E-state index contributed by atoms with van der Waals surface area (Å²) in [7, 11) is 1.62. The number of imidazole rings is 1. The van der Waals surface area contributed by atoms with Crippen LogP contribution in [0.25, 0.3) is 11.0 Å². The van der Waals surface area contributed by atoms with Gasteiger partial charge in [-0.15, -0.1) is 0 Å². The van der Waals surface area contributed by atoms with Crippen molar-refractivity contribution in [3.05, 3.63) is 54.4 Å². The highest BCUT2D eigenvalue weighted by Gasteiger charge is 2.14. The molecule has 5 heteroatoms. The molecule has 3 aromatic rings. The second-order valence-corrected chi connectivity index (χ2v) is 6.02. The number of hydrogen-bond donors (Lipinski definition) is 1. The van der Waals surface area contributed by atoms with Gasteiger partial charge in [-0.1, -0.05) is 25.1 Å². The van der Waals surface area contributed by atoms with Crippen LogP contribution < -0.4 is 9.47 Å². The summed E-state index contributed by atoms with van der Waals surface area (Å²) in [4.78, 5) is 4.69. The molecule has 0 saturated heterocycles. The molecule has 3 rings (SSSR count). The van der Waals surface area contributed by atoms with Crippen molar-refractivity contribution >= 4 is 11.0 Å². The Morgan fingerprint density at radius 2 is 1.92 bits per heavy atom. The topological polar surface area (TPSA) is 56.5 Å². The predicted molar refractivity (Wildman–Crippen MR) is 98.2 cm³/mol. The third-order valence-corrected chi connectivity index (χ3v) is 4.08. The van der Waals surface area contributed by atoms with Gasteiger partial charge in [-0.2, -0.15) is 0 Å². The zero-order valence-corrected chi connectivity index (χ0v) is 14.7. The van der Waals surface area contributed by atoms with Gasteiger partial charge in [0.1, 0.15) is 30.0 Å². The van der Waals surface area contributed by atoms with E-state index < -0.39 is 6.10 Å². The highest BCUT2D eigenvalue weighted by atomic mass is 16.5. The van der Waals surface area contributed by atoms with E-state index in [1.807, 2.05) is 48.5 Å². The van der Waals surface area contributed by atoms with Crippen molar-refractivity contribution in [3.63, 3.8) is 0 Å². The Morgan fingerprint density at radius 3 is 2.72 bits per heavy atom. The maximum Gasteiger partial charge on any atom is 0.123 e. The number of aliphatic hydroxyl groups is 1. The van der Waals surface area contributed by atoms with E-state index >= 15 is 0 Å². The number of para-hydroxylation sites is 2. The third kappa shape index (κ3) is 4.12. The van der Waals surface area contributed by atoms with Gasteiger partial charge >= 0.3 is 0 Å². The number of hydrogen-bond acceptors (Lipinski definition) is 4. The van der Waals surface area contributed by atoms with Crippen molar-refractivity contribution in [1.82, 2.24) is 9.55 Å². The summed E-state index contributed by atoms with van der Waals surface area (Å²) in [6.45, 7) is 2.80. The van der Waals surface area contributed by atoms with Gasteiger partial charge in [0.15, 0.2) is 0 Å². The number of benzene rings is 2. The van der Waals surface area contributed by atoms with E-state index in [1.54, 1.807) is 7.11 Å². The number of aryl methyl sites for hydroxylation is 1. The Labute approximate surface area is 147 Å². The lowest BCUT2D eigenvalue weighted by Crippen LogP contribution is -2.24. The molecule has 1 heterocycles. The van der Waals surface area contributed by atoms with Crippen LogP contribution in [0.5, 0.6) is 11.5 Å². The van der Waals surface area contributed by atoms with E-state index in [0.29, 0.717) is 12.3 Å². The lowest BCUT2D eigenvalue weighted by atomic mass is 10.3. The predicted octanol–water partition coefficient (Wildman–Crippen LogP) is 3.44. The first kappa shape index (κ1) is 17.3. The molecule has 1 aromatic heterocycles. The lowest BCUT2D eigenvalue weighted by Gasteiger charge is -2.16. The zero-order chi connectivity index (χ0) is 17.6. The summed E-state index contributed by atoms with van der Waals surface area (Å²) >= 11 is 0. The maximum absolute atomic E-state index is 10.5. The first-order chi connectivity index (χ1) is 12.2. The van der Waals surface area contributed by atoms with Gasteiger partial charge < -0.3 is 19.1 Å². The number of ether oxygens (including phenoxy) is 2. The third-order valence-electron chi connectivity index (χ3n) is 4.08. The van der Waals surface area contributed by atoms with E-state index in [4.69, 9.17) is 14.5 Å². The molecule has 1 atom stereocenters. The molecule has 0 aliphatic heterocycles. The van der Waals surface area contributed by atoms with Crippen molar-refractivity contribution in [1.29, 1.82) is 0 Å². The fourth-order valence-corrected chi connectivity index (χ4v) is 2.89. The molecule has 2 aromatic carbocycles. The van der Waals surface area contributed by atoms with Crippen LogP contribution in [0.2, 0.25) is 0 Å². The summed E-state index contributed by atoms with van der Waals surface area (Å²) in [6, 6.07) is 15.4. The molecular weight excluding hydrogens is 316 g/mol. The molecule has 0 fully saturated rings. The van der Waals surface area contributed by atoms with Crippen molar-refractivity contribution < 1.29 is 14.6 Å². The molecule has 132 valence electrons.